The Morgan fingerprint density at radius 1 is 1.53 bits per heavy atom. The Bertz CT molecular complexity index is 440. The summed E-state index contributed by atoms with van der Waals surface area (Å²) in [6.07, 6.45) is 5.60. The van der Waals surface area contributed by atoms with Crippen LogP contribution in [0.15, 0.2) is 0 Å². The van der Waals surface area contributed by atoms with E-state index >= 15 is 0 Å². The van der Waals surface area contributed by atoms with Crippen molar-refractivity contribution in [3.63, 3.8) is 0 Å². The van der Waals surface area contributed by atoms with Crippen LogP contribution in [0.25, 0.3) is 0 Å². The number of rotatable bonds is 5. The second-order valence-electron chi connectivity index (χ2n) is 5.09. The molecular weight excluding hydrogens is 260 g/mol. The highest BCUT2D eigenvalue weighted by Crippen LogP contribution is 2.28. The summed E-state index contributed by atoms with van der Waals surface area (Å²) in [5.74, 6) is 0.275. The van der Waals surface area contributed by atoms with Crippen molar-refractivity contribution < 1.29 is 4.79 Å². The first kappa shape index (κ1) is 14.1. The van der Waals surface area contributed by atoms with Gasteiger partial charge >= 0.3 is 0 Å². The monoisotopic (exact) mass is 282 g/mol. The third kappa shape index (κ3) is 3.37. The van der Waals surface area contributed by atoms with Crippen molar-refractivity contribution >= 4 is 28.2 Å². The van der Waals surface area contributed by atoms with Crippen LogP contribution in [0.3, 0.4) is 0 Å². The molecule has 0 aliphatic heterocycles. The quantitative estimate of drug-likeness (QED) is 0.869. The first-order valence-electron chi connectivity index (χ1n) is 6.90. The molecule has 1 saturated carbocycles. The Kier molecular flexibility index (Phi) is 4.63. The van der Waals surface area contributed by atoms with Gasteiger partial charge in [0, 0.05) is 19.6 Å². The molecule has 106 valence electrons. The minimum atomic E-state index is -0.0713. The minimum absolute atomic E-state index is 0.0713. The number of nitrogens with zero attached hydrogens (tertiary/aromatic N) is 2. The van der Waals surface area contributed by atoms with Crippen LogP contribution in [0.4, 0.5) is 10.9 Å². The maximum Gasteiger partial charge on any atom is 0.265 e. The number of thiazole rings is 1. The molecule has 5 nitrogen and oxygen atoms in total. The van der Waals surface area contributed by atoms with E-state index in [-0.39, 0.29) is 5.91 Å². The normalized spacial score (nSPS) is 15.7. The predicted molar refractivity (Wildman–Crippen MR) is 79.8 cm³/mol. The summed E-state index contributed by atoms with van der Waals surface area (Å²) in [6, 6.07) is 0.311. The van der Waals surface area contributed by atoms with Crippen molar-refractivity contribution in [3.05, 3.63) is 4.88 Å². The summed E-state index contributed by atoms with van der Waals surface area (Å²) in [7, 11) is 1.97. The number of hydrogen-bond acceptors (Lipinski definition) is 5. The molecule has 1 heterocycles. The molecule has 3 N–H and O–H groups in total. The molecule has 6 heteroatoms. The molecule has 1 aromatic heterocycles. The lowest BCUT2D eigenvalue weighted by Crippen LogP contribution is -2.32. The molecule has 0 radical (unpaired) electrons. The number of aromatic nitrogens is 1. The van der Waals surface area contributed by atoms with E-state index < -0.39 is 0 Å². The van der Waals surface area contributed by atoms with Gasteiger partial charge in [-0.15, -0.1) is 0 Å². The molecule has 1 fully saturated rings. The summed E-state index contributed by atoms with van der Waals surface area (Å²) in [6.45, 7) is 3.03. The Morgan fingerprint density at radius 3 is 2.84 bits per heavy atom. The summed E-state index contributed by atoms with van der Waals surface area (Å²) < 4.78 is 0. The second-order valence-corrected chi connectivity index (χ2v) is 6.06. The average Bonchev–Trinajstić information content (AvgIpc) is 2.98. The van der Waals surface area contributed by atoms with Crippen molar-refractivity contribution in [1.29, 1.82) is 0 Å². The number of anilines is 2. The number of hydrogen-bond donors (Lipinski definition) is 2. The van der Waals surface area contributed by atoms with Crippen molar-refractivity contribution in [2.75, 3.05) is 24.2 Å². The summed E-state index contributed by atoms with van der Waals surface area (Å²) in [5.41, 5.74) is 5.86. The van der Waals surface area contributed by atoms with Gasteiger partial charge in [0.05, 0.1) is 0 Å². The van der Waals surface area contributed by atoms with Gasteiger partial charge in [-0.25, -0.2) is 4.98 Å². The highest BCUT2D eigenvalue weighted by atomic mass is 32.1. The zero-order chi connectivity index (χ0) is 13.8. The number of nitrogen functional groups attached to an aromatic ring is 1. The molecule has 1 aliphatic carbocycles. The predicted octanol–water partition coefficient (Wildman–Crippen LogP) is 2.24. The van der Waals surface area contributed by atoms with Gasteiger partial charge in [0.15, 0.2) is 5.13 Å². The number of amides is 1. The number of nitrogens with one attached hydrogen (secondary N) is 1. The van der Waals surface area contributed by atoms with E-state index in [1.54, 1.807) is 0 Å². The lowest BCUT2D eigenvalue weighted by atomic mass is 10.2. The first-order valence-corrected chi connectivity index (χ1v) is 7.71. The fourth-order valence-corrected chi connectivity index (χ4v) is 3.27. The molecule has 0 spiro atoms. The lowest BCUT2D eigenvalue weighted by Gasteiger charge is -2.13. The zero-order valence-corrected chi connectivity index (χ0v) is 12.4. The van der Waals surface area contributed by atoms with E-state index in [9.17, 15) is 4.79 Å². The van der Waals surface area contributed by atoms with E-state index in [4.69, 9.17) is 5.73 Å². The molecular formula is C13H22N4OS. The molecule has 1 amide bonds. The number of carbonyl (C=O) groups excluding carboxylic acids is 1. The average molecular weight is 282 g/mol. The Labute approximate surface area is 118 Å². The van der Waals surface area contributed by atoms with Crippen LogP contribution >= 0.6 is 11.3 Å². The Morgan fingerprint density at radius 2 is 2.21 bits per heavy atom. The van der Waals surface area contributed by atoms with Gasteiger partial charge in [-0.1, -0.05) is 31.1 Å². The van der Waals surface area contributed by atoms with Gasteiger partial charge in [-0.05, 0) is 19.3 Å². The van der Waals surface area contributed by atoms with Gasteiger partial charge in [0.25, 0.3) is 5.91 Å². The molecule has 0 bridgehead atoms. The van der Waals surface area contributed by atoms with Gasteiger partial charge < -0.3 is 16.0 Å². The summed E-state index contributed by atoms with van der Waals surface area (Å²) >= 11 is 1.38. The van der Waals surface area contributed by atoms with Crippen LogP contribution in [-0.4, -0.2) is 30.5 Å². The topological polar surface area (TPSA) is 71.2 Å². The van der Waals surface area contributed by atoms with Crippen molar-refractivity contribution in [3.8, 4) is 0 Å². The molecule has 1 aromatic rings. The van der Waals surface area contributed by atoms with Crippen LogP contribution in [0.1, 0.15) is 48.7 Å². The fraction of sp³-hybridized carbons (Fsp3) is 0.692. The van der Waals surface area contributed by atoms with Crippen LogP contribution in [0, 0.1) is 0 Å². The van der Waals surface area contributed by atoms with Crippen molar-refractivity contribution in [1.82, 2.24) is 10.3 Å². The molecule has 19 heavy (non-hydrogen) atoms. The Hall–Kier alpha value is -1.30. The molecule has 2 rings (SSSR count). The maximum absolute atomic E-state index is 12.2. The molecule has 0 aromatic carbocycles. The van der Waals surface area contributed by atoms with Crippen LogP contribution in [0.5, 0.6) is 0 Å². The van der Waals surface area contributed by atoms with Crippen molar-refractivity contribution in [2.24, 2.45) is 0 Å². The molecule has 1 aliphatic rings. The highest BCUT2D eigenvalue weighted by Gasteiger charge is 2.22. The van der Waals surface area contributed by atoms with Crippen LogP contribution in [-0.2, 0) is 0 Å². The zero-order valence-electron chi connectivity index (χ0n) is 11.6. The van der Waals surface area contributed by atoms with E-state index in [0.29, 0.717) is 16.7 Å². The summed E-state index contributed by atoms with van der Waals surface area (Å²) in [5, 5.41) is 3.87. The summed E-state index contributed by atoms with van der Waals surface area (Å²) in [4.78, 5) is 19.0. The Balaban J connectivity index is 2.04. The van der Waals surface area contributed by atoms with Crippen LogP contribution < -0.4 is 16.0 Å². The van der Waals surface area contributed by atoms with Crippen molar-refractivity contribution in [2.45, 2.75) is 45.1 Å². The van der Waals surface area contributed by atoms with E-state index in [1.165, 1.54) is 24.2 Å². The smallest absolute Gasteiger partial charge is 0.265 e. The van der Waals surface area contributed by atoms with Gasteiger partial charge in [0.2, 0.25) is 0 Å². The highest BCUT2D eigenvalue weighted by molar-refractivity contribution is 7.18. The minimum Gasteiger partial charge on any atom is -0.382 e. The third-order valence-electron chi connectivity index (χ3n) is 3.42. The first-order chi connectivity index (χ1) is 9.11. The molecule has 0 saturated heterocycles. The van der Waals surface area contributed by atoms with Crippen LogP contribution in [0.2, 0.25) is 0 Å². The maximum atomic E-state index is 12.2. The van der Waals surface area contributed by atoms with E-state index in [1.807, 2.05) is 11.9 Å². The standard InChI is InChI=1S/C13H22N4OS/c1-3-8-17(2)13-16-11(14)10(19-13)12(18)15-9-6-4-5-7-9/h9H,3-8,14H2,1-2H3,(H,15,18). The SMILES string of the molecule is CCCN(C)c1nc(N)c(C(=O)NC2CCCC2)s1. The largest absolute Gasteiger partial charge is 0.382 e. The number of carbonyl (C=O) groups is 1. The van der Waals surface area contributed by atoms with Gasteiger partial charge in [-0.2, -0.15) is 0 Å². The van der Waals surface area contributed by atoms with E-state index in [0.717, 1.165) is 30.9 Å². The van der Waals surface area contributed by atoms with Gasteiger partial charge in [-0.3, -0.25) is 4.79 Å². The number of nitrogens with two attached hydrogens (primary N) is 1. The lowest BCUT2D eigenvalue weighted by molar-refractivity contribution is 0.0942. The van der Waals surface area contributed by atoms with E-state index in [2.05, 4.69) is 17.2 Å². The van der Waals surface area contributed by atoms with Gasteiger partial charge in [0.1, 0.15) is 10.7 Å². The fourth-order valence-electron chi connectivity index (χ4n) is 2.40. The molecule has 0 atom stereocenters. The molecule has 0 unspecified atom stereocenters. The third-order valence-corrected chi connectivity index (χ3v) is 4.61. The second kappa shape index (κ2) is 6.23.